The summed E-state index contributed by atoms with van der Waals surface area (Å²) in [7, 11) is 1.63. The Bertz CT molecular complexity index is 296. The molecule has 1 unspecified atom stereocenters. The third kappa shape index (κ3) is 3.19. The zero-order valence-corrected chi connectivity index (χ0v) is 10.1. The molecule has 1 saturated heterocycles. The molecule has 0 bridgehead atoms. The van der Waals surface area contributed by atoms with E-state index in [0.29, 0.717) is 13.2 Å². The largest absolute Gasteiger partial charge is 0.383 e. The van der Waals surface area contributed by atoms with E-state index in [1.807, 2.05) is 18.7 Å². The Balaban J connectivity index is 2.72. The highest BCUT2D eigenvalue weighted by molar-refractivity contribution is 5.83. The summed E-state index contributed by atoms with van der Waals surface area (Å²) in [6.45, 7) is 5.96. The molecule has 0 saturated carbocycles. The van der Waals surface area contributed by atoms with Crippen molar-refractivity contribution >= 4 is 5.91 Å². The average molecular weight is 225 g/mol. The van der Waals surface area contributed by atoms with Gasteiger partial charge in [-0.3, -0.25) is 9.69 Å². The summed E-state index contributed by atoms with van der Waals surface area (Å²) in [5, 5.41) is 11.6. The fourth-order valence-corrected chi connectivity index (χ4v) is 1.99. The number of carbonyl (C=O) groups is 1. The van der Waals surface area contributed by atoms with E-state index < -0.39 is 0 Å². The monoisotopic (exact) mass is 225 g/mol. The van der Waals surface area contributed by atoms with E-state index in [9.17, 15) is 4.79 Å². The number of ether oxygens (including phenoxy) is 1. The highest BCUT2D eigenvalue weighted by Gasteiger charge is 2.37. The standard InChI is InChI=1S/C11H19N3O2/c1-11(2)8-14(6-7-16-3)9(4-5-12)10(15)13-11/h9H,4,6-8H2,1-3H3,(H,13,15). The first-order valence-electron chi connectivity index (χ1n) is 5.42. The number of rotatable bonds is 4. The molecule has 1 fully saturated rings. The molecule has 0 aromatic carbocycles. The third-order valence-corrected chi connectivity index (χ3v) is 2.67. The maximum Gasteiger partial charge on any atom is 0.238 e. The Kier molecular flexibility index (Phi) is 4.27. The van der Waals surface area contributed by atoms with Gasteiger partial charge in [0.2, 0.25) is 5.91 Å². The van der Waals surface area contributed by atoms with Crippen molar-refractivity contribution in [2.45, 2.75) is 31.8 Å². The van der Waals surface area contributed by atoms with Crippen LogP contribution in [0, 0.1) is 11.3 Å². The Morgan fingerprint density at radius 1 is 1.69 bits per heavy atom. The van der Waals surface area contributed by atoms with Gasteiger partial charge in [0, 0.05) is 25.7 Å². The molecule has 1 N–H and O–H groups in total. The van der Waals surface area contributed by atoms with Gasteiger partial charge in [-0.2, -0.15) is 5.26 Å². The lowest BCUT2D eigenvalue weighted by Crippen LogP contribution is -2.64. The molecule has 1 aliphatic rings. The quantitative estimate of drug-likeness (QED) is 0.738. The lowest BCUT2D eigenvalue weighted by molar-refractivity contribution is -0.133. The lowest BCUT2D eigenvalue weighted by Gasteiger charge is -2.42. The van der Waals surface area contributed by atoms with Crippen molar-refractivity contribution in [2.24, 2.45) is 0 Å². The van der Waals surface area contributed by atoms with Crippen LogP contribution in [0.2, 0.25) is 0 Å². The van der Waals surface area contributed by atoms with Gasteiger partial charge < -0.3 is 10.1 Å². The molecule has 5 heteroatoms. The number of hydrogen-bond acceptors (Lipinski definition) is 4. The Morgan fingerprint density at radius 3 is 2.94 bits per heavy atom. The molecule has 1 atom stereocenters. The van der Waals surface area contributed by atoms with Crippen LogP contribution < -0.4 is 5.32 Å². The lowest BCUT2D eigenvalue weighted by atomic mass is 9.97. The average Bonchev–Trinajstić information content (AvgIpc) is 2.18. The Hall–Kier alpha value is -1.12. The van der Waals surface area contributed by atoms with Crippen molar-refractivity contribution in [3.63, 3.8) is 0 Å². The molecule has 1 heterocycles. The van der Waals surface area contributed by atoms with Crippen LogP contribution in [-0.4, -0.2) is 49.2 Å². The smallest absolute Gasteiger partial charge is 0.238 e. The van der Waals surface area contributed by atoms with Crippen LogP contribution >= 0.6 is 0 Å². The van der Waals surface area contributed by atoms with Crippen molar-refractivity contribution in [3.05, 3.63) is 0 Å². The molecule has 1 aliphatic heterocycles. The van der Waals surface area contributed by atoms with Gasteiger partial charge in [-0.1, -0.05) is 0 Å². The van der Waals surface area contributed by atoms with E-state index in [1.54, 1.807) is 7.11 Å². The summed E-state index contributed by atoms with van der Waals surface area (Å²) in [6.07, 6.45) is 0.228. The summed E-state index contributed by atoms with van der Waals surface area (Å²) in [4.78, 5) is 13.8. The van der Waals surface area contributed by atoms with E-state index >= 15 is 0 Å². The second-order valence-corrected chi connectivity index (χ2v) is 4.71. The minimum atomic E-state index is -0.340. The molecule has 1 rings (SSSR count). The number of amides is 1. The molecule has 5 nitrogen and oxygen atoms in total. The van der Waals surface area contributed by atoms with Crippen molar-refractivity contribution in [1.29, 1.82) is 5.26 Å². The van der Waals surface area contributed by atoms with Gasteiger partial charge in [0.25, 0.3) is 0 Å². The number of methoxy groups -OCH3 is 1. The molecule has 16 heavy (non-hydrogen) atoms. The predicted molar refractivity (Wildman–Crippen MR) is 59.7 cm³/mol. The molecule has 0 radical (unpaired) electrons. The summed E-state index contributed by atoms with van der Waals surface area (Å²) < 4.78 is 5.02. The first-order chi connectivity index (χ1) is 7.50. The SMILES string of the molecule is COCCN1CC(C)(C)NC(=O)C1CC#N. The normalized spacial score (nSPS) is 24.9. The van der Waals surface area contributed by atoms with Crippen molar-refractivity contribution in [1.82, 2.24) is 10.2 Å². The van der Waals surface area contributed by atoms with Gasteiger partial charge >= 0.3 is 0 Å². The first-order valence-corrected chi connectivity index (χ1v) is 5.42. The van der Waals surface area contributed by atoms with Crippen LogP contribution in [0.3, 0.4) is 0 Å². The maximum atomic E-state index is 11.8. The highest BCUT2D eigenvalue weighted by atomic mass is 16.5. The first kappa shape index (κ1) is 12.9. The Labute approximate surface area is 96.4 Å². The van der Waals surface area contributed by atoms with E-state index in [4.69, 9.17) is 10.00 Å². The van der Waals surface area contributed by atoms with Crippen LogP contribution in [0.15, 0.2) is 0 Å². The number of piperazine rings is 1. The molecule has 1 amide bonds. The summed E-state index contributed by atoms with van der Waals surface area (Å²) >= 11 is 0. The van der Waals surface area contributed by atoms with Gasteiger partial charge in [-0.15, -0.1) is 0 Å². The fourth-order valence-electron chi connectivity index (χ4n) is 1.99. The summed E-state index contributed by atoms with van der Waals surface area (Å²) in [5.74, 6) is -0.0612. The van der Waals surface area contributed by atoms with Crippen molar-refractivity contribution < 1.29 is 9.53 Å². The topological polar surface area (TPSA) is 65.4 Å². The highest BCUT2D eigenvalue weighted by Crippen LogP contribution is 2.17. The molecule has 0 aliphatic carbocycles. The zero-order valence-electron chi connectivity index (χ0n) is 10.1. The zero-order chi connectivity index (χ0) is 12.2. The van der Waals surface area contributed by atoms with E-state index in [0.717, 1.165) is 6.54 Å². The van der Waals surface area contributed by atoms with Crippen molar-refractivity contribution in [2.75, 3.05) is 26.8 Å². The van der Waals surface area contributed by atoms with E-state index in [2.05, 4.69) is 11.4 Å². The minimum Gasteiger partial charge on any atom is -0.383 e. The molecular weight excluding hydrogens is 206 g/mol. The van der Waals surface area contributed by atoms with E-state index in [-0.39, 0.29) is 23.9 Å². The summed E-state index contributed by atoms with van der Waals surface area (Å²) in [6, 6.07) is 1.72. The molecule has 0 aromatic heterocycles. The van der Waals surface area contributed by atoms with Crippen LogP contribution in [0.4, 0.5) is 0 Å². The van der Waals surface area contributed by atoms with Gasteiger partial charge in [0.15, 0.2) is 0 Å². The third-order valence-electron chi connectivity index (χ3n) is 2.67. The fraction of sp³-hybridized carbons (Fsp3) is 0.818. The predicted octanol–water partition coefficient (Wildman–Crippen LogP) is 0.125. The van der Waals surface area contributed by atoms with Crippen LogP contribution in [0.5, 0.6) is 0 Å². The van der Waals surface area contributed by atoms with Crippen LogP contribution in [-0.2, 0) is 9.53 Å². The van der Waals surface area contributed by atoms with Gasteiger partial charge in [-0.25, -0.2) is 0 Å². The molecular formula is C11H19N3O2. The number of nitrogens with zero attached hydrogens (tertiary/aromatic N) is 2. The number of nitrogens with one attached hydrogen (secondary N) is 1. The number of hydrogen-bond donors (Lipinski definition) is 1. The maximum absolute atomic E-state index is 11.8. The van der Waals surface area contributed by atoms with Crippen LogP contribution in [0.25, 0.3) is 0 Å². The minimum absolute atomic E-state index is 0.0612. The number of carbonyl (C=O) groups excluding carboxylic acids is 1. The van der Waals surface area contributed by atoms with Gasteiger partial charge in [-0.05, 0) is 13.8 Å². The van der Waals surface area contributed by atoms with E-state index in [1.165, 1.54) is 0 Å². The van der Waals surface area contributed by atoms with Gasteiger partial charge in [0.1, 0.15) is 6.04 Å². The molecule has 90 valence electrons. The Morgan fingerprint density at radius 2 is 2.38 bits per heavy atom. The van der Waals surface area contributed by atoms with Gasteiger partial charge in [0.05, 0.1) is 19.1 Å². The number of nitriles is 1. The second-order valence-electron chi connectivity index (χ2n) is 4.71. The summed E-state index contributed by atoms with van der Waals surface area (Å²) in [5.41, 5.74) is -0.239. The van der Waals surface area contributed by atoms with Crippen molar-refractivity contribution in [3.8, 4) is 6.07 Å². The molecule has 0 aromatic rings. The second kappa shape index (κ2) is 5.28. The van der Waals surface area contributed by atoms with Crippen LogP contribution in [0.1, 0.15) is 20.3 Å². The molecule has 0 spiro atoms.